The van der Waals surface area contributed by atoms with Gasteiger partial charge >= 0.3 is 6.09 Å². The van der Waals surface area contributed by atoms with Gasteiger partial charge in [0.1, 0.15) is 11.4 Å². The molecule has 5 heteroatoms. The maximum atomic E-state index is 12.4. The predicted molar refractivity (Wildman–Crippen MR) is 85.6 cm³/mol. The van der Waals surface area contributed by atoms with Gasteiger partial charge in [-0.25, -0.2) is 4.79 Å². The van der Waals surface area contributed by atoms with E-state index < -0.39 is 5.60 Å². The van der Waals surface area contributed by atoms with Gasteiger partial charge in [0.25, 0.3) is 0 Å². The highest BCUT2D eigenvalue weighted by atomic mass is 79.9. The number of carbonyl (C=O) groups is 1. The molecule has 1 atom stereocenters. The summed E-state index contributed by atoms with van der Waals surface area (Å²) in [6.45, 7) is 6.38. The molecule has 1 unspecified atom stereocenters. The van der Waals surface area contributed by atoms with Gasteiger partial charge in [-0.15, -0.1) is 0 Å². The predicted octanol–water partition coefficient (Wildman–Crippen LogP) is 4.53. The standard InChI is InChI=1S/C16H22BrNO3/c1-16(2,3)21-15(19)18-9-5-6-13(18)12-8-7-11(17)10-14(12)20-4/h7-8,10,13H,5-6,9H2,1-4H3. The lowest BCUT2D eigenvalue weighted by Gasteiger charge is -2.29. The number of rotatable bonds is 2. The summed E-state index contributed by atoms with van der Waals surface area (Å²) in [7, 11) is 1.65. The smallest absolute Gasteiger partial charge is 0.410 e. The monoisotopic (exact) mass is 355 g/mol. The van der Waals surface area contributed by atoms with Crippen LogP contribution in [0, 0.1) is 0 Å². The summed E-state index contributed by atoms with van der Waals surface area (Å²) in [5.41, 5.74) is 0.553. The molecule has 1 fully saturated rings. The molecule has 4 nitrogen and oxygen atoms in total. The first-order chi connectivity index (χ1) is 9.81. The molecule has 1 aromatic rings. The number of benzene rings is 1. The van der Waals surface area contributed by atoms with Gasteiger partial charge < -0.3 is 14.4 Å². The van der Waals surface area contributed by atoms with Gasteiger partial charge in [0.15, 0.2) is 0 Å². The molecule has 1 amide bonds. The number of likely N-dealkylation sites (tertiary alicyclic amines) is 1. The van der Waals surface area contributed by atoms with E-state index in [-0.39, 0.29) is 12.1 Å². The van der Waals surface area contributed by atoms with E-state index in [4.69, 9.17) is 9.47 Å². The molecule has 0 aliphatic carbocycles. The van der Waals surface area contributed by atoms with Crippen molar-refractivity contribution in [3.8, 4) is 5.75 Å². The van der Waals surface area contributed by atoms with Crippen LogP contribution in [0.1, 0.15) is 45.2 Å². The van der Waals surface area contributed by atoms with Gasteiger partial charge in [-0.3, -0.25) is 0 Å². The van der Waals surface area contributed by atoms with Crippen molar-refractivity contribution in [1.82, 2.24) is 4.90 Å². The first-order valence-electron chi connectivity index (χ1n) is 7.15. The molecule has 2 rings (SSSR count). The van der Waals surface area contributed by atoms with Gasteiger partial charge in [0, 0.05) is 16.6 Å². The lowest BCUT2D eigenvalue weighted by Crippen LogP contribution is -2.36. The molecule has 21 heavy (non-hydrogen) atoms. The zero-order valence-electron chi connectivity index (χ0n) is 13.0. The minimum absolute atomic E-state index is 0.0166. The number of halogens is 1. The fourth-order valence-electron chi connectivity index (χ4n) is 2.59. The van der Waals surface area contributed by atoms with Crippen molar-refractivity contribution in [2.75, 3.05) is 13.7 Å². The third-order valence-corrected chi connectivity index (χ3v) is 3.93. The van der Waals surface area contributed by atoms with Crippen molar-refractivity contribution in [2.24, 2.45) is 0 Å². The van der Waals surface area contributed by atoms with Crippen LogP contribution < -0.4 is 4.74 Å². The van der Waals surface area contributed by atoms with E-state index in [0.29, 0.717) is 0 Å². The Hall–Kier alpha value is -1.23. The van der Waals surface area contributed by atoms with E-state index >= 15 is 0 Å². The average molecular weight is 356 g/mol. The topological polar surface area (TPSA) is 38.8 Å². The molecule has 1 aromatic carbocycles. The largest absolute Gasteiger partial charge is 0.496 e. The van der Waals surface area contributed by atoms with Crippen LogP contribution in [0.3, 0.4) is 0 Å². The van der Waals surface area contributed by atoms with E-state index in [2.05, 4.69) is 15.9 Å². The second-order valence-corrected chi connectivity index (χ2v) is 7.13. The highest BCUT2D eigenvalue weighted by Gasteiger charge is 2.34. The van der Waals surface area contributed by atoms with Gasteiger partial charge in [-0.05, 0) is 45.7 Å². The molecule has 1 aliphatic heterocycles. The van der Waals surface area contributed by atoms with Crippen molar-refractivity contribution in [3.05, 3.63) is 28.2 Å². The van der Waals surface area contributed by atoms with Gasteiger partial charge in [0.05, 0.1) is 13.2 Å². The highest BCUT2D eigenvalue weighted by Crippen LogP contribution is 2.38. The van der Waals surface area contributed by atoms with E-state index in [0.717, 1.165) is 35.2 Å². The minimum Gasteiger partial charge on any atom is -0.496 e. The Bertz CT molecular complexity index is 525. The van der Waals surface area contributed by atoms with Crippen LogP contribution >= 0.6 is 15.9 Å². The quantitative estimate of drug-likeness (QED) is 0.782. The number of methoxy groups -OCH3 is 1. The normalized spacial score (nSPS) is 18.7. The maximum absolute atomic E-state index is 12.4. The molecule has 0 radical (unpaired) electrons. The molecule has 0 bridgehead atoms. The molecule has 116 valence electrons. The number of nitrogens with zero attached hydrogens (tertiary/aromatic N) is 1. The van der Waals surface area contributed by atoms with Gasteiger partial charge in [-0.2, -0.15) is 0 Å². The maximum Gasteiger partial charge on any atom is 0.410 e. The Balaban J connectivity index is 2.24. The van der Waals surface area contributed by atoms with Crippen molar-refractivity contribution < 1.29 is 14.3 Å². The second kappa shape index (κ2) is 6.26. The number of hydrogen-bond donors (Lipinski definition) is 0. The van der Waals surface area contributed by atoms with E-state index in [9.17, 15) is 4.79 Å². The molecule has 0 N–H and O–H groups in total. The van der Waals surface area contributed by atoms with Crippen molar-refractivity contribution in [2.45, 2.75) is 45.3 Å². The van der Waals surface area contributed by atoms with Crippen molar-refractivity contribution in [1.29, 1.82) is 0 Å². The summed E-state index contributed by atoms with van der Waals surface area (Å²) in [5.74, 6) is 0.796. The van der Waals surface area contributed by atoms with E-state index in [1.807, 2.05) is 39.0 Å². The third-order valence-electron chi connectivity index (χ3n) is 3.44. The fraction of sp³-hybridized carbons (Fsp3) is 0.562. The molecule has 1 saturated heterocycles. The summed E-state index contributed by atoms with van der Waals surface area (Å²) < 4.78 is 11.9. The van der Waals surface area contributed by atoms with E-state index in [1.54, 1.807) is 12.0 Å². The van der Waals surface area contributed by atoms with Gasteiger partial charge in [0.2, 0.25) is 0 Å². The van der Waals surface area contributed by atoms with Crippen molar-refractivity contribution in [3.63, 3.8) is 0 Å². The van der Waals surface area contributed by atoms with Gasteiger partial charge in [-0.1, -0.05) is 22.0 Å². The lowest BCUT2D eigenvalue weighted by molar-refractivity contribution is 0.0223. The minimum atomic E-state index is -0.478. The zero-order chi connectivity index (χ0) is 15.6. The summed E-state index contributed by atoms with van der Waals surface area (Å²) in [4.78, 5) is 14.2. The average Bonchev–Trinajstić information content (AvgIpc) is 2.85. The molecule has 0 spiro atoms. The SMILES string of the molecule is COc1cc(Br)ccc1C1CCCN1C(=O)OC(C)(C)C. The van der Waals surface area contributed by atoms with Crippen LogP contribution in [-0.4, -0.2) is 30.2 Å². The fourth-order valence-corrected chi connectivity index (χ4v) is 2.93. The van der Waals surface area contributed by atoms with Crippen molar-refractivity contribution >= 4 is 22.0 Å². The van der Waals surface area contributed by atoms with Crippen LogP contribution in [0.5, 0.6) is 5.75 Å². The number of amides is 1. The van der Waals surface area contributed by atoms with Crippen LogP contribution in [-0.2, 0) is 4.74 Å². The zero-order valence-corrected chi connectivity index (χ0v) is 14.6. The lowest BCUT2D eigenvalue weighted by atomic mass is 10.0. The molecule has 0 aromatic heterocycles. The first-order valence-corrected chi connectivity index (χ1v) is 7.94. The molecular formula is C16H22BrNO3. The Labute approximate surface area is 134 Å². The first kappa shape index (κ1) is 16.1. The number of carbonyl (C=O) groups excluding carboxylic acids is 1. The summed E-state index contributed by atoms with van der Waals surface area (Å²) in [5, 5.41) is 0. The molecule has 0 saturated carbocycles. The van der Waals surface area contributed by atoms with Crippen LogP contribution in [0.2, 0.25) is 0 Å². The third kappa shape index (κ3) is 3.90. The Morgan fingerprint density at radius 2 is 2.10 bits per heavy atom. The second-order valence-electron chi connectivity index (χ2n) is 6.22. The highest BCUT2D eigenvalue weighted by molar-refractivity contribution is 9.10. The summed E-state index contributed by atoms with van der Waals surface area (Å²) in [6, 6.07) is 5.93. The summed E-state index contributed by atoms with van der Waals surface area (Å²) >= 11 is 3.44. The number of ether oxygens (including phenoxy) is 2. The van der Waals surface area contributed by atoms with Crippen LogP contribution in [0.15, 0.2) is 22.7 Å². The van der Waals surface area contributed by atoms with Crippen LogP contribution in [0.25, 0.3) is 0 Å². The Morgan fingerprint density at radius 1 is 1.38 bits per heavy atom. The Morgan fingerprint density at radius 3 is 2.71 bits per heavy atom. The Kier molecular flexibility index (Phi) is 4.81. The summed E-state index contributed by atoms with van der Waals surface area (Å²) in [6.07, 6.45) is 1.65. The molecule has 1 heterocycles. The molecular weight excluding hydrogens is 334 g/mol. The number of hydrogen-bond acceptors (Lipinski definition) is 3. The van der Waals surface area contributed by atoms with E-state index in [1.165, 1.54) is 0 Å². The van der Waals surface area contributed by atoms with Crippen LogP contribution in [0.4, 0.5) is 4.79 Å². The molecule has 1 aliphatic rings.